The van der Waals surface area contributed by atoms with Crippen molar-refractivity contribution in [3.8, 4) is 0 Å². The number of alkyl halides is 1. The molecule has 0 bridgehead atoms. The van der Waals surface area contributed by atoms with E-state index in [9.17, 15) is 8.78 Å². The summed E-state index contributed by atoms with van der Waals surface area (Å²) in [6, 6.07) is 6.21. The molecule has 0 aliphatic rings. The van der Waals surface area contributed by atoms with Gasteiger partial charge in [-0.2, -0.15) is 0 Å². The largest absolute Gasteiger partial charge is 0.360 e. The Bertz CT molecular complexity index is 331. The minimum atomic E-state index is -0.470. The van der Waals surface area contributed by atoms with Crippen molar-refractivity contribution in [3.63, 3.8) is 0 Å². The normalized spacial score (nSPS) is 9.73. The minimum absolute atomic E-state index is 0.189. The van der Waals surface area contributed by atoms with Crippen molar-refractivity contribution in [3.05, 3.63) is 35.6 Å². The van der Waals surface area contributed by atoms with Crippen LogP contribution in [0.25, 0.3) is 0 Å². The Kier molecular flexibility index (Phi) is 4.97. The number of hydrogen-bond donors (Lipinski definition) is 2. The van der Waals surface area contributed by atoms with Crippen molar-refractivity contribution >= 4 is 17.3 Å². The van der Waals surface area contributed by atoms with Gasteiger partial charge in [0.05, 0.1) is 0 Å². The standard InChI is InChI=1S/C10H12F2N2S/c11-4-5-13-10(15)14-7-8-2-1-3-9(12)6-8/h1-3,6H,4-5,7H2,(H2,13,14,15). The van der Waals surface area contributed by atoms with Crippen LogP contribution in [0.5, 0.6) is 0 Å². The lowest BCUT2D eigenvalue weighted by molar-refractivity contribution is 0.490. The first kappa shape index (κ1) is 11.8. The Morgan fingerprint density at radius 1 is 1.33 bits per heavy atom. The van der Waals surface area contributed by atoms with E-state index in [0.717, 1.165) is 5.56 Å². The Morgan fingerprint density at radius 3 is 2.80 bits per heavy atom. The molecule has 0 unspecified atom stereocenters. The zero-order chi connectivity index (χ0) is 11.1. The minimum Gasteiger partial charge on any atom is -0.360 e. The Hall–Kier alpha value is -1.23. The number of hydrogen-bond acceptors (Lipinski definition) is 1. The van der Waals surface area contributed by atoms with Crippen LogP contribution in [0, 0.1) is 5.82 Å². The molecule has 1 rings (SSSR count). The zero-order valence-electron chi connectivity index (χ0n) is 8.09. The summed E-state index contributed by atoms with van der Waals surface area (Å²) in [6.45, 7) is 0.145. The molecule has 15 heavy (non-hydrogen) atoms. The summed E-state index contributed by atoms with van der Waals surface area (Å²) in [5, 5.41) is 5.89. The molecule has 1 aromatic carbocycles. The average Bonchev–Trinajstić information content (AvgIpc) is 2.23. The fourth-order valence-electron chi connectivity index (χ4n) is 1.05. The van der Waals surface area contributed by atoms with Crippen LogP contribution in [0.4, 0.5) is 8.78 Å². The summed E-state index contributed by atoms with van der Waals surface area (Å²) in [6.07, 6.45) is 0. The van der Waals surface area contributed by atoms with Crippen molar-refractivity contribution in [1.29, 1.82) is 0 Å². The van der Waals surface area contributed by atoms with E-state index in [-0.39, 0.29) is 12.4 Å². The molecule has 1 aromatic rings. The number of rotatable bonds is 4. The number of nitrogens with one attached hydrogen (secondary N) is 2. The Balaban J connectivity index is 2.33. The molecule has 0 radical (unpaired) electrons. The van der Waals surface area contributed by atoms with Gasteiger partial charge in [0, 0.05) is 13.1 Å². The topological polar surface area (TPSA) is 24.1 Å². The molecule has 0 spiro atoms. The predicted octanol–water partition coefficient (Wildman–Crippen LogP) is 1.76. The molecule has 0 saturated carbocycles. The van der Waals surface area contributed by atoms with Crippen LogP contribution >= 0.6 is 12.2 Å². The SMILES string of the molecule is FCCNC(=S)NCc1cccc(F)c1. The van der Waals surface area contributed by atoms with E-state index in [4.69, 9.17) is 12.2 Å². The highest BCUT2D eigenvalue weighted by Gasteiger charge is 1.97. The Labute approximate surface area is 92.7 Å². The molecule has 82 valence electrons. The van der Waals surface area contributed by atoms with Gasteiger partial charge < -0.3 is 10.6 Å². The predicted molar refractivity (Wildman–Crippen MR) is 59.8 cm³/mol. The fraction of sp³-hybridized carbons (Fsp3) is 0.300. The smallest absolute Gasteiger partial charge is 0.166 e. The first-order valence-corrected chi connectivity index (χ1v) is 4.95. The van der Waals surface area contributed by atoms with Gasteiger partial charge in [0.25, 0.3) is 0 Å². The summed E-state index contributed by atoms with van der Waals surface area (Å²) in [5.74, 6) is -0.281. The van der Waals surface area contributed by atoms with Gasteiger partial charge in [0.15, 0.2) is 5.11 Å². The first-order valence-electron chi connectivity index (χ1n) is 4.54. The highest BCUT2D eigenvalue weighted by Crippen LogP contribution is 2.02. The van der Waals surface area contributed by atoms with Gasteiger partial charge in [-0.25, -0.2) is 8.78 Å². The molecule has 0 saturated heterocycles. The maximum Gasteiger partial charge on any atom is 0.166 e. The van der Waals surface area contributed by atoms with E-state index in [1.54, 1.807) is 12.1 Å². The molecule has 0 aliphatic carbocycles. The van der Waals surface area contributed by atoms with Gasteiger partial charge in [0.2, 0.25) is 0 Å². The van der Waals surface area contributed by atoms with Crippen LogP contribution in [0.1, 0.15) is 5.56 Å². The third-order valence-corrected chi connectivity index (χ3v) is 2.01. The average molecular weight is 230 g/mol. The van der Waals surface area contributed by atoms with Crippen LogP contribution in [-0.2, 0) is 6.54 Å². The van der Waals surface area contributed by atoms with Gasteiger partial charge in [-0.15, -0.1) is 0 Å². The van der Waals surface area contributed by atoms with E-state index >= 15 is 0 Å². The van der Waals surface area contributed by atoms with Crippen molar-refractivity contribution in [2.24, 2.45) is 0 Å². The molecule has 0 aromatic heterocycles. The summed E-state index contributed by atoms with van der Waals surface area (Å²) < 4.78 is 24.5. The second-order valence-electron chi connectivity index (χ2n) is 2.93. The maximum absolute atomic E-state index is 12.8. The third kappa shape index (κ3) is 4.69. The molecule has 0 amide bonds. The lowest BCUT2D eigenvalue weighted by atomic mass is 10.2. The summed E-state index contributed by atoms with van der Waals surface area (Å²) >= 11 is 4.87. The van der Waals surface area contributed by atoms with Crippen LogP contribution < -0.4 is 10.6 Å². The molecule has 0 atom stereocenters. The molecule has 0 fully saturated rings. The molecule has 5 heteroatoms. The molecule has 0 aliphatic heterocycles. The van der Waals surface area contributed by atoms with Crippen LogP contribution in [-0.4, -0.2) is 18.3 Å². The molecular weight excluding hydrogens is 218 g/mol. The summed E-state index contributed by atoms with van der Waals surface area (Å²) in [5.41, 5.74) is 0.791. The fourth-order valence-corrected chi connectivity index (χ4v) is 1.23. The van der Waals surface area contributed by atoms with Gasteiger partial charge in [-0.1, -0.05) is 12.1 Å². The highest BCUT2D eigenvalue weighted by atomic mass is 32.1. The molecular formula is C10H12F2N2S. The van der Waals surface area contributed by atoms with E-state index in [1.165, 1.54) is 12.1 Å². The van der Waals surface area contributed by atoms with Crippen LogP contribution in [0.15, 0.2) is 24.3 Å². The number of thiocarbonyl (C=S) groups is 1. The number of halogens is 2. The molecule has 0 heterocycles. The quantitative estimate of drug-likeness (QED) is 0.771. The Morgan fingerprint density at radius 2 is 2.13 bits per heavy atom. The number of benzene rings is 1. The first-order chi connectivity index (χ1) is 7.22. The third-order valence-electron chi connectivity index (χ3n) is 1.72. The van der Waals surface area contributed by atoms with Crippen molar-refractivity contribution < 1.29 is 8.78 Å². The van der Waals surface area contributed by atoms with Gasteiger partial charge in [0.1, 0.15) is 12.5 Å². The molecule has 2 nitrogen and oxygen atoms in total. The van der Waals surface area contributed by atoms with E-state index in [1.807, 2.05) is 0 Å². The lowest BCUT2D eigenvalue weighted by Crippen LogP contribution is -2.35. The zero-order valence-corrected chi connectivity index (χ0v) is 8.91. The van der Waals surface area contributed by atoms with Crippen molar-refractivity contribution in [2.75, 3.05) is 13.2 Å². The van der Waals surface area contributed by atoms with E-state index in [0.29, 0.717) is 11.7 Å². The van der Waals surface area contributed by atoms with E-state index < -0.39 is 6.67 Å². The summed E-state index contributed by atoms with van der Waals surface area (Å²) in [7, 11) is 0. The monoisotopic (exact) mass is 230 g/mol. The second-order valence-corrected chi connectivity index (χ2v) is 3.34. The van der Waals surface area contributed by atoms with Gasteiger partial charge in [-0.3, -0.25) is 0 Å². The van der Waals surface area contributed by atoms with Crippen molar-refractivity contribution in [2.45, 2.75) is 6.54 Å². The maximum atomic E-state index is 12.8. The molecule has 2 N–H and O–H groups in total. The van der Waals surface area contributed by atoms with Gasteiger partial charge in [-0.05, 0) is 29.9 Å². The second kappa shape index (κ2) is 6.29. The lowest BCUT2D eigenvalue weighted by Gasteiger charge is -2.08. The van der Waals surface area contributed by atoms with Crippen LogP contribution in [0.2, 0.25) is 0 Å². The summed E-state index contributed by atoms with van der Waals surface area (Å²) in [4.78, 5) is 0. The van der Waals surface area contributed by atoms with E-state index in [2.05, 4.69) is 10.6 Å². The van der Waals surface area contributed by atoms with Crippen molar-refractivity contribution in [1.82, 2.24) is 10.6 Å². The highest BCUT2D eigenvalue weighted by molar-refractivity contribution is 7.80. The van der Waals surface area contributed by atoms with Gasteiger partial charge >= 0.3 is 0 Å². The van der Waals surface area contributed by atoms with Crippen LogP contribution in [0.3, 0.4) is 0 Å².